The summed E-state index contributed by atoms with van der Waals surface area (Å²) in [7, 11) is 4.05. The number of anilines is 1. The van der Waals surface area contributed by atoms with Crippen LogP contribution in [0.2, 0.25) is 0 Å². The number of amides is 1. The maximum absolute atomic E-state index is 12.3. The number of benzene rings is 1. The van der Waals surface area contributed by atoms with E-state index in [4.69, 9.17) is 39.6 Å². The Morgan fingerprint density at radius 1 is 0.879 bits per heavy atom. The number of hydrogen-bond donors (Lipinski definition) is 6. The highest BCUT2D eigenvalue weighted by Gasteiger charge is 2.15. The molecule has 0 fully saturated rings. The molecule has 0 saturated carbocycles. The molecular weight excluding hydrogens is 438 g/mol. The zero-order chi connectivity index (χ0) is 26.1. The number of carbonyl (C=O) groups excluding carboxylic acids is 1. The molecule has 1 aromatic rings. The van der Waals surface area contributed by atoms with E-state index in [-0.39, 0.29) is 11.9 Å². The van der Waals surface area contributed by atoms with Crippen molar-refractivity contribution >= 4 is 35.5 Å². The molecule has 1 amide bonds. The molecule has 0 spiro atoms. The lowest BCUT2D eigenvalue weighted by atomic mass is 9.97. The second-order valence-electron chi connectivity index (χ2n) is 7.09. The van der Waals surface area contributed by atoms with E-state index in [0.717, 1.165) is 25.2 Å². The van der Waals surface area contributed by atoms with Gasteiger partial charge in [-0.2, -0.15) is 0 Å². The van der Waals surface area contributed by atoms with Crippen LogP contribution in [0.3, 0.4) is 0 Å². The van der Waals surface area contributed by atoms with E-state index >= 15 is 0 Å². The van der Waals surface area contributed by atoms with Gasteiger partial charge >= 0.3 is 23.9 Å². The summed E-state index contributed by atoms with van der Waals surface area (Å²) in [5, 5.41) is 35.9. The third-order valence-corrected chi connectivity index (χ3v) is 4.13. The highest BCUT2D eigenvalue weighted by molar-refractivity contribution is 6.27. The summed E-state index contributed by atoms with van der Waals surface area (Å²) in [5.41, 5.74) is 2.13. The van der Waals surface area contributed by atoms with Crippen LogP contribution in [0, 0.1) is 0 Å². The summed E-state index contributed by atoms with van der Waals surface area (Å²) in [6.07, 6.45) is 1.06. The third kappa shape index (κ3) is 15.9. The van der Waals surface area contributed by atoms with E-state index in [2.05, 4.69) is 35.4 Å². The molecule has 0 heterocycles. The third-order valence-electron chi connectivity index (χ3n) is 4.13. The number of likely N-dealkylation sites (N-methyl/N-ethyl adjacent to an activating group) is 1. The van der Waals surface area contributed by atoms with Crippen LogP contribution >= 0.6 is 0 Å². The normalized spacial score (nSPS) is 11.6. The number of hydrogen-bond acceptors (Lipinski definition) is 7. The average Bonchev–Trinajstić information content (AvgIpc) is 2.73. The zero-order valence-corrected chi connectivity index (χ0v) is 19.4. The van der Waals surface area contributed by atoms with Crippen LogP contribution in [-0.2, 0) is 24.0 Å². The van der Waals surface area contributed by atoms with E-state index in [1.54, 1.807) is 0 Å². The van der Waals surface area contributed by atoms with Crippen molar-refractivity contribution in [3.63, 3.8) is 0 Å². The minimum Gasteiger partial charge on any atom is -0.473 e. The molecule has 2 unspecified atom stereocenters. The second kappa shape index (κ2) is 17.1. The van der Waals surface area contributed by atoms with Crippen molar-refractivity contribution in [2.45, 2.75) is 39.2 Å². The molecule has 0 radical (unpaired) electrons. The molecule has 1 rings (SSSR count). The van der Waals surface area contributed by atoms with E-state index in [9.17, 15) is 4.79 Å². The molecule has 2 atom stereocenters. The number of carboxylic acids is 4. The lowest BCUT2D eigenvalue weighted by Gasteiger charge is -2.19. The maximum atomic E-state index is 12.3. The van der Waals surface area contributed by atoms with Gasteiger partial charge in [-0.05, 0) is 45.0 Å². The topological polar surface area (TPSA) is 194 Å². The van der Waals surface area contributed by atoms with Gasteiger partial charge in [0.25, 0.3) is 0 Å². The SMILES string of the molecule is CCC(C)c1ccccc1NC(=O)C(C)NCCN(C)C.O=C(O)C(=O)O.O=C(O)C(=O)O. The molecule has 0 saturated heterocycles. The minimum atomic E-state index is -1.82. The van der Waals surface area contributed by atoms with Crippen molar-refractivity contribution in [1.29, 1.82) is 0 Å². The van der Waals surface area contributed by atoms with Crippen molar-refractivity contribution in [2.24, 2.45) is 0 Å². The molecule has 0 aliphatic carbocycles. The zero-order valence-electron chi connectivity index (χ0n) is 19.4. The number of aliphatic carboxylic acids is 4. The van der Waals surface area contributed by atoms with Gasteiger partial charge in [-0.15, -0.1) is 0 Å². The maximum Gasteiger partial charge on any atom is 0.414 e. The van der Waals surface area contributed by atoms with E-state index in [1.165, 1.54) is 5.56 Å². The molecule has 0 aromatic heterocycles. The largest absolute Gasteiger partial charge is 0.473 e. The highest BCUT2D eigenvalue weighted by Crippen LogP contribution is 2.26. The van der Waals surface area contributed by atoms with Gasteiger partial charge in [-0.3, -0.25) is 4.79 Å². The molecule has 1 aromatic carbocycles. The Morgan fingerprint density at radius 2 is 1.33 bits per heavy atom. The Kier molecular flexibility index (Phi) is 16.4. The van der Waals surface area contributed by atoms with Gasteiger partial charge in [-0.1, -0.05) is 32.0 Å². The van der Waals surface area contributed by atoms with Crippen LogP contribution in [0.4, 0.5) is 5.69 Å². The van der Waals surface area contributed by atoms with Crippen LogP contribution in [-0.4, -0.2) is 88.3 Å². The number of rotatable bonds is 8. The first-order valence-corrected chi connectivity index (χ1v) is 9.94. The lowest BCUT2D eigenvalue weighted by Crippen LogP contribution is -2.41. The molecule has 12 nitrogen and oxygen atoms in total. The van der Waals surface area contributed by atoms with Crippen LogP contribution in [0.15, 0.2) is 24.3 Å². The van der Waals surface area contributed by atoms with Crippen molar-refractivity contribution in [2.75, 3.05) is 32.5 Å². The number of para-hydroxylation sites is 1. The Balaban J connectivity index is 0. The van der Waals surface area contributed by atoms with Crippen molar-refractivity contribution in [1.82, 2.24) is 10.2 Å². The van der Waals surface area contributed by atoms with Crippen molar-refractivity contribution in [3.05, 3.63) is 29.8 Å². The number of nitrogens with one attached hydrogen (secondary N) is 2. The first-order valence-electron chi connectivity index (χ1n) is 9.94. The lowest BCUT2D eigenvalue weighted by molar-refractivity contribution is -0.159. The van der Waals surface area contributed by atoms with Gasteiger partial charge in [0.1, 0.15) is 0 Å². The van der Waals surface area contributed by atoms with Crippen molar-refractivity contribution < 1.29 is 44.4 Å². The number of carboxylic acid groups (broad SMARTS) is 4. The number of nitrogens with zero attached hydrogens (tertiary/aromatic N) is 1. The Hall–Kier alpha value is -3.51. The van der Waals surface area contributed by atoms with Gasteiger partial charge in [0.2, 0.25) is 5.91 Å². The van der Waals surface area contributed by atoms with Crippen LogP contribution < -0.4 is 10.6 Å². The monoisotopic (exact) mass is 471 g/mol. The summed E-state index contributed by atoms with van der Waals surface area (Å²) >= 11 is 0. The van der Waals surface area contributed by atoms with E-state index in [0.29, 0.717) is 5.92 Å². The Morgan fingerprint density at radius 3 is 1.73 bits per heavy atom. The Labute approximate surface area is 192 Å². The van der Waals surface area contributed by atoms with E-state index in [1.807, 2.05) is 39.2 Å². The fourth-order valence-electron chi connectivity index (χ4n) is 2.10. The van der Waals surface area contributed by atoms with Gasteiger partial charge in [-0.25, -0.2) is 19.2 Å². The smallest absolute Gasteiger partial charge is 0.414 e. The quantitative estimate of drug-likeness (QED) is 0.296. The van der Waals surface area contributed by atoms with Gasteiger partial charge in [0.15, 0.2) is 0 Å². The standard InChI is InChI=1S/C17H29N3O.2C2H2O4/c1-6-13(2)15-9-7-8-10-16(15)19-17(21)14(3)18-11-12-20(4)5;2*3-1(4)2(5)6/h7-10,13-14,18H,6,11-12H2,1-5H3,(H,19,21);2*(H,3,4)(H,5,6). The first kappa shape index (κ1) is 31.7. The fourth-order valence-corrected chi connectivity index (χ4v) is 2.10. The molecule has 0 aliphatic heterocycles. The van der Waals surface area contributed by atoms with E-state index < -0.39 is 23.9 Å². The molecule has 186 valence electrons. The summed E-state index contributed by atoms with van der Waals surface area (Å²) in [6.45, 7) is 7.96. The molecule has 6 N–H and O–H groups in total. The Bertz CT molecular complexity index is 749. The van der Waals surface area contributed by atoms with Crippen LogP contribution in [0.5, 0.6) is 0 Å². The van der Waals surface area contributed by atoms with Crippen molar-refractivity contribution in [3.8, 4) is 0 Å². The van der Waals surface area contributed by atoms with Gasteiger partial charge < -0.3 is 36.0 Å². The summed E-state index contributed by atoms with van der Waals surface area (Å²) in [4.78, 5) is 50.8. The first-order chi connectivity index (χ1) is 15.2. The predicted octanol–water partition coefficient (Wildman–Crippen LogP) is 0.990. The fraction of sp³-hybridized carbons (Fsp3) is 0.476. The summed E-state index contributed by atoms with van der Waals surface area (Å²) in [5.74, 6) is -6.84. The minimum absolute atomic E-state index is 0.0181. The molecular formula is C21H33N3O9. The second-order valence-corrected chi connectivity index (χ2v) is 7.09. The molecule has 0 aliphatic rings. The molecule has 0 bridgehead atoms. The number of carbonyl (C=O) groups is 5. The highest BCUT2D eigenvalue weighted by atomic mass is 16.4. The average molecular weight is 472 g/mol. The van der Waals surface area contributed by atoms with Gasteiger partial charge in [0, 0.05) is 18.8 Å². The predicted molar refractivity (Wildman–Crippen MR) is 120 cm³/mol. The van der Waals surface area contributed by atoms with Crippen LogP contribution in [0.25, 0.3) is 0 Å². The molecule has 12 heteroatoms. The summed E-state index contributed by atoms with van der Waals surface area (Å²) in [6, 6.07) is 7.86. The molecule has 33 heavy (non-hydrogen) atoms. The summed E-state index contributed by atoms with van der Waals surface area (Å²) < 4.78 is 0. The van der Waals surface area contributed by atoms with Gasteiger partial charge in [0.05, 0.1) is 6.04 Å². The van der Waals surface area contributed by atoms with Crippen LogP contribution in [0.1, 0.15) is 38.7 Å².